The average Bonchev–Trinajstić information content (AvgIpc) is 2.31. The van der Waals surface area contributed by atoms with Crippen molar-refractivity contribution in [2.45, 2.75) is 26.8 Å². The van der Waals surface area contributed by atoms with Gasteiger partial charge in [-0.05, 0) is 12.8 Å². The van der Waals surface area contributed by atoms with Crippen molar-refractivity contribution >= 4 is 17.7 Å². The quantitative estimate of drug-likeness (QED) is 0.575. The standard InChI is InChI=1S/C13H24N2O5/c1-9(2)13(10(3)16)14-11(17)7-15(5-6-20-4)8-12(18)19/h9,13H,5-8H2,1-4H3,(H,14,17)(H,18,19). The van der Waals surface area contributed by atoms with Gasteiger partial charge in [-0.15, -0.1) is 0 Å². The van der Waals surface area contributed by atoms with E-state index in [-0.39, 0.29) is 30.7 Å². The first-order chi connectivity index (χ1) is 9.27. The van der Waals surface area contributed by atoms with Crippen LogP contribution in [0.2, 0.25) is 0 Å². The maximum Gasteiger partial charge on any atom is 0.317 e. The van der Waals surface area contributed by atoms with E-state index >= 15 is 0 Å². The van der Waals surface area contributed by atoms with Crippen molar-refractivity contribution in [2.75, 3.05) is 33.4 Å². The lowest BCUT2D eigenvalue weighted by Gasteiger charge is -2.23. The monoisotopic (exact) mass is 288 g/mol. The first kappa shape index (κ1) is 18.5. The molecule has 0 aliphatic heterocycles. The number of carboxylic acid groups (broad SMARTS) is 1. The lowest BCUT2D eigenvalue weighted by Crippen LogP contribution is -2.48. The van der Waals surface area contributed by atoms with E-state index in [2.05, 4.69) is 5.32 Å². The SMILES string of the molecule is COCCN(CC(=O)O)CC(=O)NC(C(C)=O)C(C)C. The van der Waals surface area contributed by atoms with Crippen LogP contribution in [0.5, 0.6) is 0 Å². The Bertz CT molecular complexity index is 344. The van der Waals surface area contributed by atoms with Gasteiger partial charge in [0.05, 0.1) is 25.7 Å². The molecule has 0 aliphatic carbocycles. The minimum Gasteiger partial charge on any atom is -0.480 e. The Morgan fingerprint density at radius 1 is 1.25 bits per heavy atom. The lowest BCUT2D eigenvalue weighted by atomic mass is 10.0. The zero-order valence-electron chi connectivity index (χ0n) is 12.5. The van der Waals surface area contributed by atoms with Gasteiger partial charge >= 0.3 is 5.97 Å². The normalized spacial score (nSPS) is 12.5. The second kappa shape index (κ2) is 9.44. The number of carbonyl (C=O) groups excluding carboxylic acids is 2. The molecule has 1 amide bonds. The molecule has 0 heterocycles. The van der Waals surface area contributed by atoms with Crippen molar-refractivity contribution in [3.05, 3.63) is 0 Å². The molecular formula is C13H24N2O5. The van der Waals surface area contributed by atoms with Gasteiger partial charge in [-0.25, -0.2) is 0 Å². The zero-order chi connectivity index (χ0) is 15.7. The van der Waals surface area contributed by atoms with E-state index in [1.807, 2.05) is 13.8 Å². The second-order valence-electron chi connectivity index (χ2n) is 5.00. The number of ether oxygens (including phenoxy) is 1. The summed E-state index contributed by atoms with van der Waals surface area (Å²) in [4.78, 5) is 35.5. The number of hydrogen-bond donors (Lipinski definition) is 2. The van der Waals surface area contributed by atoms with Crippen LogP contribution in [0.1, 0.15) is 20.8 Å². The van der Waals surface area contributed by atoms with Crippen LogP contribution in [-0.4, -0.2) is 67.1 Å². The number of nitrogens with zero attached hydrogens (tertiary/aromatic N) is 1. The van der Waals surface area contributed by atoms with E-state index in [0.29, 0.717) is 13.2 Å². The first-order valence-corrected chi connectivity index (χ1v) is 6.50. The summed E-state index contributed by atoms with van der Waals surface area (Å²) < 4.78 is 4.87. The van der Waals surface area contributed by atoms with E-state index in [1.165, 1.54) is 18.9 Å². The second-order valence-corrected chi connectivity index (χ2v) is 5.00. The fourth-order valence-corrected chi connectivity index (χ4v) is 1.79. The molecule has 0 radical (unpaired) electrons. The van der Waals surface area contributed by atoms with Gasteiger partial charge in [0, 0.05) is 13.7 Å². The predicted octanol–water partition coefficient (Wildman–Crippen LogP) is -0.251. The van der Waals surface area contributed by atoms with E-state index in [9.17, 15) is 14.4 Å². The zero-order valence-corrected chi connectivity index (χ0v) is 12.5. The Morgan fingerprint density at radius 3 is 2.25 bits per heavy atom. The van der Waals surface area contributed by atoms with Crippen molar-refractivity contribution in [1.29, 1.82) is 0 Å². The number of aliphatic carboxylic acids is 1. The van der Waals surface area contributed by atoms with E-state index in [0.717, 1.165) is 0 Å². The summed E-state index contributed by atoms with van der Waals surface area (Å²) in [6.45, 7) is 5.45. The molecule has 0 bridgehead atoms. The molecule has 7 nitrogen and oxygen atoms in total. The molecule has 0 aromatic carbocycles. The average molecular weight is 288 g/mol. The first-order valence-electron chi connectivity index (χ1n) is 6.50. The molecule has 1 unspecified atom stereocenters. The van der Waals surface area contributed by atoms with E-state index in [4.69, 9.17) is 9.84 Å². The van der Waals surface area contributed by atoms with E-state index < -0.39 is 12.0 Å². The highest BCUT2D eigenvalue weighted by Gasteiger charge is 2.22. The smallest absolute Gasteiger partial charge is 0.317 e. The van der Waals surface area contributed by atoms with Crippen LogP contribution >= 0.6 is 0 Å². The van der Waals surface area contributed by atoms with Crippen molar-refractivity contribution < 1.29 is 24.2 Å². The molecule has 0 aromatic rings. The highest BCUT2D eigenvalue weighted by atomic mass is 16.5. The molecular weight excluding hydrogens is 264 g/mol. The number of Topliss-reactive ketones (excluding diaryl/α,β-unsaturated/α-hetero) is 1. The minimum atomic E-state index is -1.01. The number of ketones is 1. The van der Waals surface area contributed by atoms with Gasteiger partial charge in [0.2, 0.25) is 5.91 Å². The summed E-state index contributed by atoms with van der Waals surface area (Å²) in [7, 11) is 1.50. The third-order valence-electron chi connectivity index (χ3n) is 2.76. The van der Waals surface area contributed by atoms with Crippen LogP contribution in [0.15, 0.2) is 0 Å². The molecule has 0 aromatic heterocycles. The van der Waals surface area contributed by atoms with Crippen molar-refractivity contribution in [3.8, 4) is 0 Å². The minimum absolute atomic E-state index is 0.0108. The summed E-state index contributed by atoms with van der Waals surface area (Å²) in [5.41, 5.74) is 0. The Hall–Kier alpha value is -1.47. The molecule has 0 spiro atoms. The highest BCUT2D eigenvalue weighted by molar-refractivity contribution is 5.88. The number of methoxy groups -OCH3 is 1. The predicted molar refractivity (Wildman–Crippen MR) is 73.4 cm³/mol. The van der Waals surface area contributed by atoms with Gasteiger partial charge in [0.15, 0.2) is 5.78 Å². The summed E-state index contributed by atoms with van der Waals surface area (Å²) in [5.74, 6) is -1.50. The third-order valence-corrected chi connectivity index (χ3v) is 2.76. The Balaban J connectivity index is 4.49. The molecule has 0 saturated heterocycles. The summed E-state index contributed by atoms with van der Waals surface area (Å²) in [6, 6.07) is -0.545. The maximum absolute atomic E-state index is 11.9. The van der Waals surface area contributed by atoms with Crippen molar-refractivity contribution in [3.63, 3.8) is 0 Å². The molecule has 0 aliphatic rings. The molecule has 0 saturated carbocycles. The van der Waals surface area contributed by atoms with Gasteiger partial charge < -0.3 is 15.2 Å². The lowest BCUT2D eigenvalue weighted by molar-refractivity contribution is -0.139. The number of carboxylic acids is 1. The Labute approximate surface area is 119 Å². The maximum atomic E-state index is 11.9. The van der Waals surface area contributed by atoms with Gasteiger partial charge in [0.1, 0.15) is 0 Å². The van der Waals surface area contributed by atoms with Crippen molar-refractivity contribution in [2.24, 2.45) is 5.92 Å². The number of hydrogen-bond acceptors (Lipinski definition) is 5. The van der Waals surface area contributed by atoms with Gasteiger partial charge in [-0.2, -0.15) is 0 Å². The van der Waals surface area contributed by atoms with Crippen LogP contribution in [0.3, 0.4) is 0 Å². The van der Waals surface area contributed by atoms with Crippen LogP contribution in [0.4, 0.5) is 0 Å². The van der Waals surface area contributed by atoms with Gasteiger partial charge in [-0.3, -0.25) is 19.3 Å². The van der Waals surface area contributed by atoms with E-state index in [1.54, 1.807) is 0 Å². The summed E-state index contributed by atoms with van der Waals surface area (Å²) in [5, 5.41) is 11.4. The van der Waals surface area contributed by atoms with Gasteiger partial charge in [0.25, 0.3) is 0 Å². The summed E-state index contributed by atoms with van der Waals surface area (Å²) >= 11 is 0. The Kier molecular flexibility index (Phi) is 8.74. The van der Waals surface area contributed by atoms with Crippen LogP contribution < -0.4 is 5.32 Å². The Morgan fingerprint density at radius 2 is 1.85 bits per heavy atom. The molecule has 0 fully saturated rings. The molecule has 1 atom stereocenters. The topological polar surface area (TPSA) is 95.9 Å². The highest BCUT2D eigenvalue weighted by Crippen LogP contribution is 2.02. The fourth-order valence-electron chi connectivity index (χ4n) is 1.79. The fraction of sp³-hybridized carbons (Fsp3) is 0.769. The van der Waals surface area contributed by atoms with Crippen LogP contribution in [-0.2, 0) is 19.1 Å². The largest absolute Gasteiger partial charge is 0.480 e. The van der Waals surface area contributed by atoms with Crippen LogP contribution in [0, 0.1) is 5.92 Å². The van der Waals surface area contributed by atoms with Crippen LogP contribution in [0.25, 0.3) is 0 Å². The number of carbonyl (C=O) groups is 3. The molecule has 0 rings (SSSR count). The number of nitrogens with one attached hydrogen (secondary N) is 1. The van der Waals surface area contributed by atoms with Gasteiger partial charge in [-0.1, -0.05) is 13.8 Å². The molecule has 20 heavy (non-hydrogen) atoms. The third kappa shape index (κ3) is 7.85. The number of amides is 1. The molecule has 7 heteroatoms. The molecule has 116 valence electrons. The van der Waals surface area contributed by atoms with Crippen molar-refractivity contribution in [1.82, 2.24) is 10.2 Å². The summed E-state index contributed by atoms with van der Waals surface area (Å²) in [6.07, 6.45) is 0. The number of rotatable bonds is 10. The molecule has 2 N–H and O–H groups in total.